The summed E-state index contributed by atoms with van der Waals surface area (Å²) < 4.78 is 7.59. The smallest absolute Gasteiger partial charge is 0.261 e. The van der Waals surface area contributed by atoms with Crippen molar-refractivity contribution in [1.82, 2.24) is 19.7 Å². The molecular weight excluding hydrogens is 328 g/mol. The predicted molar refractivity (Wildman–Crippen MR) is 91.0 cm³/mol. The molecule has 2 aromatic rings. The molecule has 2 heterocycles. The van der Waals surface area contributed by atoms with Crippen LogP contribution in [0.4, 0.5) is 0 Å². The van der Waals surface area contributed by atoms with Crippen molar-refractivity contribution < 1.29 is 9.53 Å². The molecule has 1 aromatic heterocycles. The maximum atomic E-state index is 12.7. The molecule has 6 nitrogen and oxygen atoms in total. The molecule has 0 saturated carbocycles. The molecule has 1 amide bonds. The van der Waals surface area contributed by atoms with Gasteiger partial charge in [-0.25, -0.2) is 0 Å². The van der Waals surface area contributed by atoms with Gasteiger partial charge >= 0.3 is 0 Å². The van der Waals surface area contributed by atoms with Crippen LogP contribution in [0.3, 0.4) is 0 Å². The number of carbonyl (C=O) groups is 1. The highest BCUT2D eigenvalue weighted by molar-refractivity contribution is 6.30. The number of hydrogen-bond acceptors (Lipinski definition) is 4. The summed E-state index contributed by atoms with van der Waals surface area (Å²) in [4.78, 5) is 14.5. The van der Waals surface area contributed by atoms with Crippen molar-refractivity contribution in [2.24, 2.45) is 7.05 Å². The number of carbonyl (C=O) groups excluding carboxylic acids is 1. The maximum Gasteiger partial charge on any atom is 0.261 e. The largest absolute Gasteiger partial charge is 0.483 e. The Labute approximate surface area is 146 Å². The highest BCUT2D eigenvalue weighted by Crippen LogP contribution is 2.29. The molecule has 0 unspecified atom stereocenters. The summed E-state index contributed by atoms with van der Waals surface area (Å²) in [6, 6.07) is 5.34. The Morgan fingerprint density at radius 3 is 2.96 bits per heavy atom. The van der Waals surface area contributed by atoms with Gasteiger partial charge in [-0.3, -0.25) is 4.79 Å². The van der Waals surface area contributed by atoms with E-state index in [1.54, 1.807) is 18.5 Å². The summed E-state index contributed by atoms with van der Waals surface area (Å²) in [6.07, 6.45) is 4.65. The molecule has 1 aromatic carbocycles. The van der Waals surface area contributed by atoms with Gasteiger partial charge in [0.05, 0.1) is 6.04 Å². The van der Waals surface area contributed by atoms with Gasteiger partial charge in [0.2, 0.25) is 0 Å². The summed E-state index contributed by atoms with van der Waals surface area (Å²) in [5.74, 6) is 1.47. The predicted octanol–water partition coefficient (Wildman–Crippen LogP) is 2.91. The molecule has 1 saturated heterocycles. The summed E-state index contributed by atoms with van der Waals surface area (Å²) in [5, 5.41) is 8.77. The van der Waals surface area contributed by atoms with Gasteiger partial charge < -0.3 is 14.2 Å². The van der Waals surface area contributed by atoms with Crippen molar-refractivity contribution in [3.63, 3.8) is 0 Å². The minimum Gasteiger partial charge on any atom is -0.483 e. The van der Waals surface area contributed by atoms with E-state index in [9.17, 15) is 4.79 Å². The SMILES string of the molecule is Cc1cc(Cl)ccc1OCC(=O)N1CCCC[C@@H]1c1nncn1C. The van der Waals surface area contributed by atoms with Crippen molar-refractivity contribution >= 4 is 17.5 Å². The number of ether oxygens (including phenoxy) is 1. The number of benzene rings is 1. The molecule has 0 bridgehead atoms. The van der Waals surface area contributed by atoms with E-state index in [1.165, 1.54) is 0 Å². The van der Waals surface area contributed by atoms with E-state index >= 15 is 0 Å². The van der Waals surface area contributed by atoms with Gasteiger partial charge in [0.1, 0.15) is 12.1 Å². The molecule has 1 aliphatic heterocycles. The van der Waals surface area contributed by atoms with Crippen LogP contribution in [0.15, 0.2) is 24.5 Å². The standard InChI is InChI=1S/C17H21ClN4O2/c1-12-9-13(18)6-7-15(12)24-10-16(23)22-8-4-3-5-14(22)17-20-19-11-21(17)2/h6-7,9,11,14H,3-5,8,10H2,1-2H3/t14-/m1/s1. The Hall–Kier alpha value is -2.08. The zero-order valence-electron chi connectivity index (χ0n) is 13.9. The second-order valence-corrected chi connectivity index (χ2v) is 6.53. The number of rotatable bonds is 4. The molecule has 7 heteroatoms. The Morgan fingerprint density at radius 1 is 1.42 bits per heavy atom. The molecule has 1 atom stereocenters. The molecule has 1 fully saturated rings. The normalized spacial score (nSPS) is 17.8. The third-order valence-corrected chi connectivity index (χ3v) is 4.59. The van der Waals surface area contributed by atoms with Gasteiger partial charge in [0.15, 0.2) is 12.4 Å². The van der Waals surface area contributed by atoms with Crippen LogP contribution in [-0.2, 0) is 11.8 Å². The molecule has 0 radical (unpaired) electrons. The third-order valence-electron chi connectivity index (χ3n) is 4.36. The number of piperidine rings is 1. The fraction of sp³-hybridized carbons (Fsp3) is 0.471. The fourth-order valence-corrected chi connectivity index (χ4v) is 3.32. The molecule has 24 heavy (non-hydrogen) atoms. The lowest BCUT2D eigenvalue weighted by molar-refractivity contribution is -0.137. The van der Waals surface area contributed by atoms with E-state index in [4.69, 9.17) is 16.3 Å². The Bertz CT molecular complexity index is 731. The van der Waals surface area contributed by atoms with Crippen LogP contribution in [0.2, 0.25) is 5.02 Å². The lowest BCUT2D eigenvalue weighted by atomic mass is 10.0. The van der Waals surface area contributed by atoms with Crippen LogP contribution in [-0.4, -0.2) is 38.7 Å². The van der Waals surface area contributed by atoms with Crippen molar-refractivity contribution in [1.29, 1.82) is 0 Å². The van der Waals surface area contributed by atoms with Gasteiger partial charge in [0.25, 0.3) is 5.91 Å². The number of hydrogen-bond donors (Lipinski definition) is 0. The fourth-order valence-electron chi connectivity index (χ4n) is 3.09. The summed E-state index contributed by atoms with van der Waals surface area (Å²) in [6.45, 7) is 2.64. The quantitative estimate of drug-likeness (QED) is 0.852. The van der Waals surface area contributed by atoms with Crippen molar-refractivity contribution in [2.75, 3.05) is 13.2 Å². The van der Waals surface area contributed by atoms with E-state index in [2.05, 4.69) is 10.2 Å². The van der Waals surface area contributed by atoms with Crippen LogP contribution in [0.1, 0.15) is 36.7 Å². The Balaban J connectivity index is 1.69. The minimum absolute atomic E-state index is 0.0107. The Kier molecular flexibility index (Phi) is 5.04. The lowest BCUT2D eigenvalue weighted by Gasteiger charge is -2.34. The van der Waals surface area contributed by atoms with E-state index in [-0.39, 0.29) is 18.6 Å². The van der Waals surface area contributed by atoms with Crippen LogP contribution in [0.5, 0.6) is 5.75 Å². The lowest BCUT2D eigenvalue weighted by Crippen LogP contribution is -2.42. The van der Waals surface area contributed by atoms with Crippen LogP contribution in [0.25, 0.3) is 0 Å². The summed E-state index contributed by atoms with van der Waals surface area (Å²) in [5.41, 5.74) is 0.916. The first-order valence-corrected chi connectivity index (χ1v) is 8.46. The first-order chi connectivity index (χ1) is 11.6. The molecular formula is C17H21ClN4O2. The number of aromatic nitrogens is 3. The topological polar surface area (TPSA) is 60.2 Å². The highest BCUT2D eigenvalue weighted by atomic mass is 35.5. The zero-order chi connectivity index (χ0) is 17.1. The molecule has 3 rings (SSSR count). The number of amides is 1. The second-order valence-electron chi connectivity index (χ2n) is 6.10. The number of nitrogens with zero attached hydrogens (tertiary/aromatic N) is 4. The molecule has 0 aliphatic carbocycles. The number of aryl methyl sites for hydroxylation is 2. The monoisotopic (exact) mass is 348 g/mol. The first-order valence-electron chi connectivity index (χ1n) is 8.08. The van der Waals surface area contributed by atoms with Crippen molar-refractivity contribution in [3.8, 4) is 5.75 Å². The highest BCUT2D eigenvalue weighted by Gasteiger charge is 2.31. The molecule has 0 spiro atoms. The van der Waals surface area contributed by atoms with Gasteiger partial charge in [0, 0.05) is 18.6 Å². The molecule has 128 valence electrons. The maximum absolute atomic E-state index is 12.7. The zero-order valence-corrected chi connectivity index (χ0v) is 14.7. The molecule has 1 aliphatic rings. The third kappa shape index (κ3) is 3.53. The van der Waals surface area contributed by atoms with Crippen LogP contribution >= 0.6 is 11.6 Å². The van der Waals surface area contributed by atoms with E-state index in [0.717, 1.165) is 37.2 Å². The van der Waals surface area contributed by atoms with Gasteiger partial charge in [-0.2, -0.15) is 0 Å². The van der Waals surface area contributed by atoms with E-state index < -0.39 is 0 Å². The average molecular weight is 349 g/mol. The van der Waals surface area contributed by atoms with Gasteiger partial charge in [-0.05, 0) is 49.9 Å². The van der Waals surface area contributed by atoms with Crippen LogP contribution in [0, 0.1) is 6.92 Å². The van der Waals surface area contributed by atoms with Gasteiger partial charge in [-0.1, -0.05) is 11.6 Å². The molecule has 0 N–H and O–H groups in total. The second kappa shape index (κ2) is 7.21. The van der Waals surface area contributed by atoms with E-state index in [1.807, 2.05) is 29.5 Å². The first kappa shape index (κ1) is 16.8. The summed E-state index contributed by atoms with van der Waals surface area (Å²) >= 11 is 5.95. The van der Waals surface area contributed by atoms with Crippen molar-refractivity contribution in [3.05, 3.63) is 40.9 Å². The van der Waals surface area contributed by atoms with Crippen molar-refractivity contribution in [2.45, 2.75) is 32.2 Å². The summed E-state index contributed by atoms with van der Waals surface area (Å²) in [7, 11) is 1.90. The number of halogens is 1. The van der Waals surface area contributed by atoms with Gasteiger partial charge in [-0.15, -0.1) is 10.2 Å². The average Bonchev–Trinajstić information content (AvgIpc) is 2.99. The number of likely N-dealkylation sites (tertiary alicyclic amines) is 1. The van der Waals surface area contributed by atoms with Crippen LogP contribution < -0.4 is 4.74 Å². The minimum atomic E-state index is -0.0336. The van der Waals surface area contributed by atoms with E-state index in [0.29, 0.717) is 10.8 Å². The Morgan fingerprint density at radius 2 is 2.25 bits per heavy atom.